The van der Waals surface area contributed by atoms with E-state index in [2.05, 4.69) is 4.98 Å². The molecule has 2 aromatic rings. The van der Waals surface area contributed by atoms with Gasteiger partial charge in [0, 0.05) is 23.6 Å². The van der Waals surface area contributed by atoms with Gasteiger partial charge in [0.05, 0.1) is 43.0 Å². The van der Waals surface area contributed by atoms with Crippen LogP contribution >= 0.6 is 0 Å². The first-order valence-corrected chi connectivity index (χ1v) is 11.1. The van der Waals surface area contributed by atoms with E-state index in [1.165, 1.54) is 37.3 Å². The fourth-order valence-corrected chi connectivity index (χ4v) is 4.00. The maximum atomic E-state index is 13.4. The van der Waals surface area contributed by atoms with Crippen LogP contribution in [-0.4, -0.2) is 37.2 Å². The van der Waals surface area contributed by atoms with Crippen LogP contribution in [0.25, 0.3) is 0 Å². The summed E-state index contributed by atoms with van der Waals surface area (Å²) in [4.78, 5) is 31.8. The second-order valence-electron chi connectivity index (χ2n) is 7.69. The SMILES string of the molecule is CCOC(=O)C1=C(C)N(c2cccc(C(F)(F)F)c2)C(N)=C(C(=O)OCC)C1c1ccc(OC)nc1. The molecule has 2 N–H and O–H groups in total. The van der Waals surface area contributed by atoms with E-state index in [0.29, 0.717) is 11.4 Å². The van der Waals surface area contributed by atoms with Crippen LogP contribution in [0.5, 0.6) is 5.88 Å². The average molecular weight is 505 g/mol. The molecule has 3 rings (SSSR count). The van der Waals surface area contributed by atoms with Gasteiger partial charge in [-0.05, 0) is 44.5 Å². The van der Waals surface area contributed by atoms with Crippen LogP contribution in [0.1, 0.15) is 37.8 Å². The molecule has 1 unspecified atom stereocenters. The minimum Gasteiger partial charge on any atom is -0.481 e. The Morgan fingerprint density at radius 1 is 1.06 bits per heavy atom. The van der Waals surface area contributed by atoms with Gasteiger partial charge in [-0.25, -0.2) is 14.6 Å². The van der Waals surface area contributed by atoms with Crippen molar-refractivity contribution in [2.45, 2.75) is 32.9 Å². The van der Waals surface area contributed by atoms with E-state index in [4.69, 9.17) is 19.9 Å². The highest BCUT2D eigenvalue weighted by atomic mass is 19.4. The second kappa shape index (κ2) is 10.7. The molecule has 0 fully saturated rings. The molecule has 0 bridgehead atoms. The zero-order chi connectivity index (χ0) is 26.6. The van der Waals surface area contributed by atoms with E-state index in [1.54, 1.807) is 26.0 Å². The number of esters is 2. The molecule has 0 saturated heterocycles. The van der Waals surface area contributed by atoms with Gasteiger partial charge in [-0.1, -0.05) is 12.1 Å². The molecule has 0 spiro atoms. The lowest BCUT2D eigenvalue weighted by Crippen LogP contribution is -2.39. The minimum absolute atomic E-state index is 0.00416. The Labute approximate surface area is 206 Å². The maximum absolute atomic E-state index is 13.4. The summed E-state index contributed by atoms with van der Waals surface area (Å²) in [6.07, 6.45) is -3.20. The fraction of sp³-hybridized carbons (Fsp3) is 0.320. The molecule has 0 radical (unpaired) electrons. The van der Waals surface area contributed by atoms with Crippen LogP contribution in [0.15, 0.2) is 65.3 Å². The zero-order valence-corrected chi connectivity index (χ0v) is 20.2. The number of rotatable bonds is 7. The van der Waals surface area contributed by atoms with Crippen molar-refractivity contribution in [1.82, 2.24) is 4.98 Å². The number of methoxy groups -OCH3 is 1. The lowest BCUT2D eigenvalue weighted by atomic mass is 9.81. The monoisotopic (exact) mass is 505 g/mol. The van der Waals surface area contributed by atoms with E-state index < -0.39 is 29.6 Å². The summed E-state index contributed by atoms with van der Waals surface area (Å²) in [6.45, 7) is 4.76. The van der Waals surface area contributed by atoms with Crippen molar-refractivity contribution in [1.29, 1.82) is 0 Å². The third-order valence-electron chi connectivity index (χ3n) is 5.54. The van der Waals surface area contributed by atoms with Crippen LogP contribution in [0.2, 0.25) is 0 Å². The lowest BCUT2D eigenvalue weighted by Gasteiger charge is -2.37. The van der Waals surface area contributed by atoms with Crippen LogP contribution in [0.3, 0.4) is 0 Å². The molecule has 1 aromatic heterocycles. The van der Waals surface area contributed by atoms with Crippen molar-refractivity contribution < 1.29 is 37.0 Å². The molecule has 0 aliphatic carbocycles. The normalized spacial score (nSPS) is 16.2. The topological polar surface area (TPSA) is 104 Å². The number of aromatic nitrogens is 1. The van der Waals surface area contributed by atoms with Crippen LogP contribution < -0.4 is 15.4 Å². The van der Waals surface area contributed by atoms with Crippen molar-refractivity contribution in [3.8, 4) is 5.88 Å². The number of hydrogen-bond acceptors (Lipinski definition) is 8. The first-order chi connectivity index (χ1) is 17.0. The molecule has 8 nitrogen and oxygen atoms in total. The predicted molar refractivity (Wildman–Crippen MR) is 125 cm³/mol. The summed E-state index contributed by atoms with van der Waals surface area (Å²) in [5.74, 6) is -2.53. The Balaban J connectivity index is 2.32. The number of allylic oxidation sites excluding steroid dienone is 1. The minimum atomic E-state index is -4.62. The predicted octanol–water partition coefficient (Wildman–Crippen LogP) is 4.28. The highest BCUT2D eigenvalue weighted by molar-refractivity contribution is 6.01. The number of anilines is 1. The Hall–Kier alpha value is -4.02. The largest absolute Gasteiger partial charge is 0.481 e. The van der Waals surface area contributed by atoms with Crippen LogP contribution in [-0.2, 0) is 25.2 Å². The molecule has 36 heavy (non-hydrogen) atoms. The summed E-state index contributed by atoms with van der Waals surface area (Å²) >= 11 is 0. The van der Waals surface area contributed by atoms with E-state index in [-0.39, 0.29) is 41.6 Å². The smallest absolute Gasteiger partial charge is 0.416 e. The quantitative estimate of drug-likeness (QED) is 0.556. The van der Waals surface area contributed by atoms with Gasteiger partial charge in [0.1, 0.15) is 5.82 Å². The van der Waals surface area contributed by atoms with E-state index in [9.17, 15) is 22.8 Å². The standard InChI is InChI=1S/C25H26F3N3O5/c1-5-35-23(32)19-14(3)31(17-9-7-8-16(12-17)25(26,27)28)22(29)21(24(33)36-6-2)20(19)15-10-11-18(34-4)30-13-15/h7-13,20H,5-6,29H2,1-4H3. The van der Waals surface area contributed by atoms with Gasteiger partial charge in [0.25, 0.3) is 0 Å². The first-order valence-electron chi connectivity index (χ1n) is 11.1. The van der Waals surface area contributed by atoms with Crippen molar-refractivity contribution in [3.63, 3.8) is 0 Å². The molecule has 0 amide bonds. The highest BCUT2D eigenvalue weighted by Crippen LogP contribution is 2.44. The Morgan fingerprint density at radius 2 is 1.69 bits per heavy atom. The van der Waals surface area contributed by atoms with Crippen molar-refractivity contribution >= 4 is 17.6 Å². The molecule has 1 atom stereocenters. The molecule has 1 aromatic carbocycles. The van der Waals surface area contributed by atoms with E-state index in [1.807, 2.05) is 0 Å². The molecule has 1 aliphatic heterocycles. The summed E-state index contributed by atoms with van der Waals surface area (Å²) in [7, 11) is 1.44. The van der Waals surface area contributed by atoms with Crippen molar-refractivity contribution in [3.05, 3.63) is 76.4 Å². The van der Waals surface area contributed by atoms with Gasteiger partial charge in [0.15, 0.2) is 0 Å². The maximum Gasteiger partial charge on any atom is 0.416 e. The third-order valence-corrected chi connectivity index (χ3v) is 5.54. The molecule has 192 valence electrons. The Bertz CT molecular complexity index is 1160. The van der Waals surface area contributed by atoms with Gasteiger partial charge in [-0.15, -0.1) is 0 Å². The Morgan fingerprint density at radius 3 is 2.22 bits per heavy atom. The van der Waals surface area contributed by atoms with Crippen molar-refractivity contribution in [2.24, 2.45) is 5.73 Å². The number of ether oxygens (including phenoxy) is 3. The number of hydrogen-bond donors (Lipinski definition) is 1. The number of nitrogens with two attached hydrogens (primary N) is 1. The molecular weight excluding hydrogens is 479 g/mol. The van der Waals surface area contributed by atoms with Gasteiger partial charge >= 0.3 is 18.1 Å². The van der Waals surface area contributed by atoms with Crippen LogP contribution in [0.4, 0.5) is 18.9 Å². The average Bonchev–Trinajstić information content (AvgIpc) is 2.83. The van der Waals surface area contributed by atoms with Gasteiger partial charge in [-0.2, -0.15) is 13.2 Å². The number of pyridine rings is 1. The van der Waals surface area contributed by atoms with Gasteiger partial charge in [0.2, 0.25) is 5.88 Å². The van der Waals surface area contributed by atoms with Crippen LogP contribution in [0, 0.1) is 0 Å². The highest BCUT2D eigenvalue weighted by Gasteiger charge is 2.42. The van der Waals surface area contributed by atoms with E-state index >= 15 is 0 Å². The second-order valence-corrected chi connectivity index (χ2v) is 7.69. The molecule has 11 heteroatoms. The number of carbonyl (C=O) groups excluding carboxylic acids is 2. The summed E-state index contributed by atoms with van der Waals surface area (Å²) < 4.78 is 55.9. The number of halogens is 3. The summed E-state index contributed by atoms with van der Waals surface area (Å²) in [6, 6.07) is 7.56. The Kier molecular flexibility index (Phi) is 7.91. The summed E-state index contributed by atoms with van der Waals surface area (Å²) in [5.41, 5.74) is 6.02. The number of alkyl halides is 3. The first kappa shape index (κ1) is 26.6. The molecule has 0 saturated carbocycles. The van der Waals surface area contributed by atoms with E-state index in [0.717, 1.165) is 12.1 Å². The molecular formula is C25H26F3N3O5. The number of carbonyl (C=O) groups is 2. The summed E-state index contributed by atoms with van der Waals surface area (Å²) in [5, 5.41) is 0. The number of nitrogens with zero attached hydrogens (tertiary/aromatic N) is 2. The molecule has 1 aliphatic rings. The molecule has 2 heterocycles. The van der Waals surface area contributed by atoms with Crippen molar-refractivity contribution in [2.75, 3.05) is 25.2 Å². The third kappa shape index (κ3) is 5.14. The lowest BCUT2D eigenvalue weighted by molar-refractivity contribution is -0.140. The van der Waals surface area contributed by atoms with Gasteiger partial charge in [-0.3, -0.25) is 0 Å². The van der Waals surface area contributed by atoms with Gasteiger partial charge < -0.3 is 24.8 Å². The zero-order valence-electron chi connectivity index (χ0n) is 20.2. The number of benzene rings is 1. The fourth-order valence-electron chi connectivity index (χ4n) is 4.00.